The number of carbonyl (C=O) groups is 1. The van der Waals surface area contributed by atoms with Crippen molar-refractivity contribution in [3.63, 3.8) is 0 Å². The number of halogens is 4. The van der Waals surface area contributed by atoms with Crippen molar-refractivity contribution in [3.05, 3.63) is 23.8 Å². The zero-order valence-electron chi connectivity index (χ0n) is 10.1. The van der Waals surface area contributed by atoms with Crippen LogP contribution >= 0.6 is 11.6 Å². The van der Waals surface area contributed by atoms with Crippen molar-refractivity contribution >= 4 is 23.2 Å². The molecule has 0 aliphatic heterocycles. The van der Waals surface area contributed by atoms with Gasteiger partial charge in [0.25, 0.3) is 0 Å². The van der Waals surface area contributed by atoms with Crippen LogP contribution < -0.4 is 10.1 Å². The third-order valence-electron chi connectivity index (χ3n) is 2.15. The Hall–Kier alpha value is -1.94. The van der Waals surface area contributed by atoms with Crippen molar-refractivity contribution < 1.29 is 22.7 Å². The Morgan fingerprint density at radius 3 is 2.70 bits per heavy atom. The van der Waals surface area contributed by atoms with Gasteiger partial charge in [0, 0.05) is 0 Å². The number of benzene rings is 1. The van der Waals surface area contributed by atoms with Crippen molar-refractivity contribution in [2.75, 3.05) is 17.8 Å². The van der Waals surface area contributed by atoms with Gasteiger partial charge < -0.3 is 10.1 Å². The van der Waals surface area contributed by atoms with E-state index in [0.29, 0.717) is 0 Å². The first-order chi connectivity index (χ1) is 9.35. The van der Waals surface area contributed by atoms with Crippen LogP contribution in [0.5, 0.6) is 5.75 Å². The average molecular weight is 307 g/mol. The molecule has 0 atom stereocenters. The molecule has 0 bridgehead atoms. The molecule has 0 saturated carbocycles. The van der Waals surface area contributed by atoms with E-state index >= 15 is 0 Å². The third-order valence-corrected chi connectivity index (χ3v) is 2.39. The molecule has 1 amide bonds. The summed E-state index contributed by atoms with van der Waals surface area (Å²) < 4.78 is 41.1. The molecule has 1 rings (SSSR count). The molecule has 0 aliphatic rings. The van der Waals surface area contributed by atoms with Gasteiger partial charge in [-0.2, -0.15) is 18.4 Å². The highest BCUT2D eigenvalue weighted by molar-refractivity contribution is 6.29. The molecule has 0 unspecified atom stereocenters. The molecular formula is C12H10ClF3N2O2. The van der Waals surface area contributed by atoms with Gasteiger partial charge in [-0.15, -0.1) is 11.6 Å². The molecule has 0 fully saturated rings. The van der Waals surface area contributed by atoms with Crippen LogP contribution in [0, 0.1) is 11.3 Å². The van der Waals surface area contributed by atoms with Crippen molar-refractivity contribution in [1.82, 2.24) is 0 Å². The van der Waals surface area contributed by atoms with E-state index in [1.165, 1.54) is 18.2 Å². The number of nitriles is 1. The lowest BCUT2D eigenvalue weighted by molar-refractivity contribution is -0.139. The minimum Gasteiger partial charge on any atom is -0.491 e. The molecule has 8 heteroatoms. The average Bonchev–Trinajstić information content (AvgIpc) is 2.38. The molecule has 0 aromatic heterocycles. The highest BCUT2D eigenvalue weighted by Crippen LogP contribution is 2.27. The molecule has 0 radical (unpaired) electrons. The van der Waals surface area contributed by atoms with Crippen molar-refractivity contribution in [1.29, 1.82) is 5.26 Å². The highest BCUT2D eigenvalue weighted by Gasteiger charge is 2.27. The van der Waals surface area contributed by atoms with Crippen LogP contribution in [0.3, 0.4) is 0 Å². The number of nitrogens with one attached hydrogen (secondary N) is 1. The van der Waals surface area contributed by atoms with E-state index in [-0.39, 0.29) is 22.9 Å². The summed E-state index contributed by atoms with van der Waals surface area (Å²) in [5, 5.41) is 11.1. The molecule has 0 aliphatic carbocycles. The number of anilines is 1. The van der Waals surface area contributed by atoms with Crippen LogP contribution in [-0.4, -0.2) is 24.6 Å². The maximum absolute atomic E-state index is 12.0. The quantitative estimate of drug-likeness (QED) is 0.850. The van der Waals surface area contributed by atoms with Gasteiger partial charge >= 0.3 is 6.18 Å². The number of alkyl halides is 4. The molecule has 1 aromatic carbocycles. The lowest BCUT2D eigenvalue weighted by Gasteiger charge is -2.13. The Bertz CT molecular complexity index is 526. The number of hydrogen-bond donors (Lipinski definition) is 1. The Kier molecular flexibility index (Phi) is 5.65. The predicted octanol–water partition coefficient (Wildman–Crippen LogP) is 3.07. The summed E-state index contributed by atoms with van der Waals surface area (Å²) in [6.45, 7) is -0.584. The van der Waals surface area contributed by atoms with Crippen LogP contribution in [0.4, 0.5) is 18.9 Å². The fourth-order valence-electron chi connectivity index (χ4n) is 1.28. The number of rotatable bonds is 5. The van der Waals surface area contributed by atoms with E-state index in [0.717, 1.165) is 0 Å². The van der Waals surface area contributed by atoms with E-state index in [1.54, 1.807) is 0 Å². The molecule has 4 nitrogen and oxygen atoms in total. The van der Waals surface area contributed by atoms with Crippen LogP contribution in [-0.2, 0) is 4.79 Å². The molecule has 108 valence electrons. The minimum atomic E-state index is -4.33. The zero-order valence-corrected chi connectivity index (χ0v) is 10.9. The van der Waals surface area contributed by atoms with Crippen molar-refractivity contribution in [3.8, 4) is 11.8 Å². The standard InChI is InChI=1S/C12H10ClF3N2O2/c13-6-11(19)18-9-5-8(7-17)1-2-10(9)20-4-3-12(14,15)16/h1-2,5H,3-4,6H2,(H,18,19). The number of carbonyl (C=O) groups excluding carboxylic acids is 1. The molecule has 20 heavy (non-hydrogen) atoms. The Balaban J connectivity index is 2.83. The summed E-state index contributed by atoms with van der Waals surface area (Å²) in [6.07, 6.45) is -5.44. The Labute approximate surface area is 118 Å². The van der Waals surface area contributed by atoms with E-state index in [1.807, 2.05) is 6.07 Å². The second-order valence-corrected chi connectivity index (χ2v) is 3.99. The monoisotopic (exact) mass is 306 g/mol. The second kappa shape index (κ2) is 7.01. The number of ether oxygens (including phenoxy) is 1. The van der Waals surface area contributed by atoms with E-state index < -0.39 is 25.1 Å². The van der Waals surface area contributed by atoms with Gasteiger partial charge in [0.1, 0.15) is 11.6 Å². The van der Waals surface area contributed by atoms with Gasteiger partial charge in [0.2, 0.25) is 5.91 Å². The van der Waals surface area contributed by atoms with Crippen molar-refractivity contribution in [2.45, 2.75) is 12.6 Å². The summed E-state index contributed by atoms with van der Waals surface area (Å²) in [5.41, 5.74) is 0.343. The van der Waals surface area contributed by atoms with Gasteiger partial charge in [0.15, 0.2) is 0 Å². The number of hydrogen-bond acceptors (Lipinski definition) is 3. The van der Waals surface area contributed by atoms with E-state index in [9.17, 15) is 18.0 Å². The van der Waals surface area contributed by atoms with Gasteiger partial charge in [-0.25, -0.2) is 0 Å². The SMILES string of the molecule is N#Cc1ccc(OCCC(F)(F)F)c(NC(=O)CCl)c1. The lowest BCUT2D eigenvalue weighted by atomic mass is 10.2. The topological polar surface area (TPSA) is 62.1 Å². The Morgan fingerprint density at radius 1 is 1.45 bits per heavy atom. The first-order valence-corrected chi connectivity index (χ1v) is 5.98. The molecule has 1 aromatic rings. The third kappa shape index (κ3) is 5.36. The van der Waals surface area contributed by atoms with Crippen LogP contribution in [0.15, 0.2) is 18.2 Å². The summed E-state index contributed by atoms with van der Waals surface area (Å²) in [5.74, 6) is -0.826. The first kappa shape index (κ1) is 16.1. The molecule has 0 spiro atoms. The minimum absolute atomic E-state index is 0.0479. The maximum Gasteiger partial charge on any atom is 0.392 e. The van der Waals surface area contributed by atoms with Crippen molar-refractivity contribution in [2.24, 2.45) is 0 Å². The van der Waals surface area contributed by atoms with Crippen LogP contribution in [0.2, 0.25) is 0 Å². The predicted molar refractivity (Wildman–Crippen MR) is 66.7 cm³/mol. The molecule has 0 heterocycles. The van der Waals surface area contributed by atoms with Crippen LogP contribution in [0.25, 0.3) is 0 Å². The number of nitrogens with zero attached hydrogens (tertiary/aromatic N) is 1. The van der Waals surface area contributed by atoms with Gasteiger partial charge in [-0.3, -0.25) is 4.79 Å². The molecular weight excluding hydrogens is 297 g/mol. The van der Waals surface area contributed by atoms with E-state index in [2.05, 4.69) is 5.32 Å². The van der Waals surface area contributed by atoms with E-state index in [4.69, 9.17) is 21.6 Å². The molecule has 1 N–H and O–H groups in total. The van der Waals surface area contributed by atoms with Gasteiger partial charge in [-0.1, -0.05) is 0 Å². The largest absolute Gasteiger partial charge is 0.491 e. The molecule has 0 saturated heterocycles. The fourth-order valence-corrected chi connectivity index (χ4v) is 1.35. The normalized spacial score (nSPS) is 10.8. The zero-order chi connectivity index (χ0) is 15.2. The smallest absolute Gasteiger partial charge is 0.392 e. The van der Waals surface area contributed by atoms with Crippen LogP contribution in [0.1, 0.15) is 12.0 Å². The summed E-state index contributed by atoms with van der Waals surface area (Å²) >= 11 is 5.33. The summed E-state index contributed by atoms with van der Waals surface area (Å²) in [7, 11) is 0. The Morgan fingerprint density at radius 2 is 2.15 bits per heavy atom. The lowest BCUT2D eigenvalue weighted by Crippen LogP contribution is -2.16. The van der Waals surface area contributed by atoms with Gasteiger partial charge in [0.05, 0.1) is 30.3 Å². The maximum atomic E-state index is 12.0. The first-order valence-electron chi connectivity index (χ1n) is 5.45. The highest BCUT2D eigenvalue weighted by atomic mass is 35.5. The van der Waals surface area contributed by atoms with Gasteiger partial charge in [-0.05, 0) is 18.2 Å². The number of amides is 1. The fraction of sp³-hybridized carbons (Fsp3) is 0.333. The summed E-state index contributed by atoms with van der Waals surface area (Å²) in [6, 6.07) is 5.84. The summed E-state index contributed by atoms with van der Waals surface area (Å²) in [4.78, 5) is 11.2. The second-order valence-electron chi connectivity index (χ2n) is 3.72.